The largest absolute Gasteiger partial charge is 0.476 e. The van der Waals surface area contributed by atoms with Crippen molar-refractivity contribution in [1.29, 1.82) is 0 Å². The van der Waals surface area contributed by atoms with Crippen molar-refractivity contribution in [3.63, 3.8) is 0 Å². The van der Waals surface area contributed by atoms with Crippen LogP contribution in [0.1, 0.15) is 50.1 Å². The first-order valence-electron chi connectivity index (χ1n) is 11.9. The second-order valence-electron chi connectivity index (χ2n) is 9.20. The summed E-state index contributed by atoms with van der Waals surface area (Å²) in [4.78, 5) is 24.7. The van der Waals surface area contributed by atoms with E-state index in [4.69, 9.17) is 8.94 Å². The Hall–Kier alpha value is -4.65. The Bertz CT molecular complexity index is 1610. The first-order chi connectivity index (χ1) is 17.8. The standard InChI is InChI=1S/C30H26N2O5/c1-17-9-11-23(18(2)13-17)28(21-7-5-4-6-8-21)31-26(33)15-20-10-12-24-22(14-20)16-25(36-24)27-19(3)37-32-29(27)30(34)35/h4-14,16,28H,15H2,1-3H3,(H,31,33)(H,34,35). The van der Waals surface area contributed by atoms with Crippen LogP contribution in [0.5, 0.6) is 0 Å². The Morgan fingerprint density at radius 2 is 1.76 bits per heavy atom. The van der Waals surface area contributed by atoms with Crippen molar-refractivity contribution in [3.8, 4) is 11.3 Å². The first-order valence-corrected chi connectivity index (χ1v) is 11.9. The number of aromatic carboxylic acids is 1. The fraction of sp³-hybridized carbons (Fsp3) is 0.167. The normalized spacial score (nSPS) is 12.0. The van der Waals surface area contributed by atoms with Gasteiger partial charge in [0.25, 0.3) is 0 Å². The molecule has 5 rings (SSSR count). The molecule has 2 N–H and O–H groups in total. The molecule has 0 saturated carbocycles. The molecule has 7 nitrogen and oxygen atoms in total. The molecular formula is C30H26N2O5. The van der Waals surface area contributed by atoms with Gasteiger partial charge in [0.05, 0.1) is 18.0 Å². The molecule has 0 radical (unpaired) electrons. The van der Waals surface area contributed by atoms with Crippen LogP contribution in [-0.4, -0.2) is 22.1 Å². The molecule has 2 aromatic heterocycles. The minimum absolute atomic E-state index is 0.111. The van der Waals surface area contributed by atoms with Crippen LogP contribution in [0.4, 0.5) is 0 Å². The van der Waals surface area contributed by atoms with Gasteiger partial charge in [0.15, 0.2) is 0 Å². The number of nitrogens with one attached hydrogen (secondary N) is 1. The van der Waals surface area contributed by atoms with Gasteiger partial charge in [-0.1, -0.05) is 65.3 Å². The van der Waals surface area contributed by atoms with Crippen molar-refractivity contribution in [3.05, 3.63) is 112 Å². The highest BCUT2D eigenvalue weighted by Gasteiger charge is 2.24. The lowest BCUT2D eigenvalue weighted by Crippen LogP contribution is -2.31. The number of amides is 1. The molecular weight excluding hydrogens is 468 g/mol. The number of benzene rings is 3. The van der Waals surface area contributed by atoms with E-state index in [9.17, 15) is 14.7 Å². The van der Waals surface area contributed by atoms with E-state index >= 15 is 0 Å². The Balaban J connectivity index is 1.41. The lowest BCUT2D eigenvalue weighted by molar-refractivity contribution is -0.120. The van der Waals surface area contributed by atoms with Crippen molar-refractivity contribution >= 4 is 22.8 Å². The van der Waals surface area contributed by atoms with E-state index in [2.05, 4.69) is 42.5 Å². The van der Waals surface area contributed by atoms with E-state index in [0.717, 1.165) is 27.6 Å². The van der Waals surface area contributed by atoms with Crippen LogP contribution in [-0.2, 0) is 11.2 Å². The van der Waals surface area contributed by atoms with E-state index in [1.54, 1.807) is 19.1 Å². The highest BCUT2D eigenvalue weighted by Crippen LogP contribution is 2.33. The maximum atomic E-state index is 13.2. The molecule has 0 aliphatic carbocycles. The van der Waals surface area contributed by atoms with Crippen molar-refractivity contribution in [2.45, 2.75) is 33.2 Å². The second-order valence-corrected chi connectivity index (χ2v) is 9.20. The van der Waals surface area contributed by atoms with Crippen molar-refractivity contribution in [2.24, 2.45) is 0 Å². The van der Waals surface area contributed by atoms with Gasteiger partial charge >= 0.3 is 5.97 Å². The molecule has 0 fully saturated rings. The van der Waals surface area contributed by atoms with Crippen molar-refractivity contribution in [2.75, 3.05) is 0 Å². The Labute approximate surface area is 213 Å². The summed E-state index contributed by atoms with van der Waals surface area (Å²) in [6.45, 7) is 5.75. The number of fused-ring (bicyclic) bond motifs is 1. The molecule has 3 aromatic carbocycles. The van der Waals surface area contributed by atoms with Crippen LogP contribution in [0.15, 0.2) is 81.7 Å². The van der Waals surface area contributed by atoms with E-state index in [-0.39, 0.29) is 24.1 Å². The van der Waals surface area contributed by atoms with Crippen LogP contribution in [0.3, 0.4) is 0 Å². The van der Waals surface area contributed by atoms with E-state index in [0.29, 0.717) is 22.7 Å². The van der Waals surface area contributed by atoms with E-state index in [1.807, 2.05) is 42.5 Å². The number of aromatic nitrogens is 1. The minimum atomic E-state index is -1.19. The molecule has 1 amide bonds. The van der Waals surface area contributed by atoms with Crippen LogP contribution in [0.2, 0.25) is 0 Å². The summed E-state index contributed by atoms with van der Waals surface area (Å²) in [6, 6.07) is 23.1. The number of carbonyl (C=O) groups is 2. The molecule has 1 unspecified atom stereocenters. The maximum absolute atomic E-state index is 13.2. The van der Waals surface area contributed by atoms with Gasteiger partial charge in [0.2, 0.25) is 11.6 Å². The lowest BCUT2D eigenvalue weighted by atomic mass is 9.93. The topological polar surface area (TPSA) is 106 Å². The summed E-state index contributed by atoms with van der Waals surface area (Å²) in [5.74, 6) is -0.595. The molecule has 0 aliphatic rings. The Kier molecular flexibility index (Phi) is 6.36. The summed E-state index contributed by atoms with van der Waals surface area (Å²) < 4.78 is 10.9. The molecule has 0 aliphatic heterocycles. The third kappa shape index (κ3) is 4.89. The van der Waals surface area contributed by atoms with Gasteiger partial charge in [-0.2, -0.15) is 0 Å². The second kappa shape index (κ2) is 9.78. The molecule has 7 heteroatoms. The zero-order valence-electron chi connectivity index (χ0n) is 20.7. The van der Waals surface area contributed by atoms with Crippen LogP contribution < -0.4 is 5.32 Å². The average molecular weight is 495 g/mol. The van der Waals surface area contributed by atoms with Gasteiger partial charge in [-0.05, 0) is 61.2 Å². The minimum Gasteiger partial charge on any atom is -0.476 e. The molecule has 1 atom stereocenters. The predicted octanol–water partition coefficient (Wildman–Crippen LogP) is 6.16. The summed E-state index contributed by atoms with van der Waals surface area (Å²) in [7, 11) is 0. The van der Waals surface area contributed by atoms with E-state index < -0.39 is 5.97 Å². The monoisotopic (exact) mass is 494 g/mol. The zero-order chi connectivity index (χ0) is 26.1. The third-order valence-electron chi connectivity index (χ3n) is 6.43. The number of rotatable bonds is 7. The number of hydrogen-bond acceptors (Lipinski definition) is 5. The van der Waals surface area contributed by atoms with E-state index in [1.165, 1.54) is 5.56 Å². The predicted molar refractivity (Wildman–Crippen MR) is 139 cm³/mol. The number of carbonyl (C=O) groups excluding carboxylic acids is 1. The smallest absolute Gasteiger partial charge is 0.358 e. The SMILES string of the molecule is Cc1ccc(C(NC(=O)Cc2ccc3oc(-c4c(C(=O)O)noc4C)cc3c2)c2ccccc2)c(C)c1. The van der Waals surface area contributed by atoms with Crippen LogP contribution in [0, 0.1) is 20.8 Å². The number of carboxylic acid groups (broad SMARTS) is 1. The third-order valence-corrected chi connectivity index (χ3v) is 6.43. The van der Waals surface area contributed by atoms with Gasteiger partial charge in [-0.25, -0.2) is 4.79 Å². The average Bonchev–Trinajstić information content (AvgIpc) is 3.46. The molecule has 37 heavy (non-hydrogen) atoms. The lowest BCUT2D eigenvalue weighted by Gasteiger charge is -2.22. The summed E-state index contributed by atoms with van der Waals surface area (Å²) in [5.41, 5.74) is 5.85. The first kappa shape index (κ1) is 24.1. The molecule has 186 valence electrons. The summed E-state index contributed by atoms with van der Waals surface area (Å²) in [6.07, 6.45) is 0.178. The maximum Gasteiger partial charge on any atom is 0.358 e. The Morgan fingerprint density at radius 1 is 0.973 bits per heavy atom. The number of hydrogen-bond donors (Lipinski definition) is 2. The van der Waals surface area contributed by atoms with Gasteiger partial charge < -0.3 is 19.4 Å². The Morgan fingerprint density at radius 3 is 2.49 bits per heavy atom. The number of nitrogens with zero attached hydrogens (tertiary/aromatic N) is 1. The molecule has 2 heterocycles. The fourth-order valence-electron chi connectivity index (χ4n) is 4.67. The number of furan rings is 1. The van der Waals surface area contributed by atoms with Crippen LogP contribution in [0.25, 0.3) is 22.3 Å². The molecule has 0 saturated heterocycles. The van der Waals surface area contributed by atoms with Crippen molar-refractivity contribution in [1.82, 2.24) is 10.5 Å². The highest BCUT2D eigenvalue weighted by molar-refractivity contribution is 5.95. The van der Waals surface area contributed by atoms with Gasteiger partial charge in [-0.3, -0.25) is 4.79 Å². The van der Waals surface area contributed by atoms with Gasteiger partial charge in [0, 0.05) is 5.39 Å². The zero-order valence-corrected chi connectivity index (χ0v) is 20.7. The molecule has 0 spiro atoms. The van der Waals surface area contributed by atoms with Crippen molar-refractivity contribution < 1.29 is 23.6 Å². The summed E-state index contributed by atoms with van der Waals surface area (Å²) >= 11 is 0. The molecule has 5 aromatic rings. The summed E-state index contributed by atoms with van der Waals surface area (Å²) in [5, 5.41) is 17.0. The quantitative estimate of drug-likeness (QED) is 0.281. The van der Waals surface area contributed by atoms with Crippen LogP contribution >= 0.6 is 0 Å². The number of aryl methyl sites for hydroxylation is 3. The number of carboxylic acids is 1. The highest BCUT2D eigenvalue weighted by atomic mass is 16.5. The van der Waals surface area contributed by atoms with Gasteiger partial charge in [-0.15, -0.1) is 0 Å². The van der Waals surface area contributed by atoms with Gasteiger partial charge in [0.1, 0.15) is 17.1 Å². The molecule has 0 bridgehead atoms. The fourth-order valence-corrected chi connectivity index (χ4v) is 4.67.